The van der Waals surface area contributed by atoms with E-state index in [0.717, 1.165) is 0 Å². The third-order valence-corrected chi connectivity index (χ3v) is 3.21. The molecule has 2 rings (SSSR count). The molecule has 0 aliphatic rings. The third-order valence-electron chi connectivity index (χ3n) is 2.28. The Morgan fingerprint density at radius 2 is 1.84 bits per heavy atom. The van der Waals surface area contributed by atoms with Crippen LogP contribution in [0.4, 0.5) is 11.4 Å². The van der Waals surface area contributed by atoms with Gasteiger partial charge in [0.05, 0.1) is 16.3 Å². The van der Waals surface area contributed by atoms with E-state index in [9.17, 15) is 13.2 Å². The van der Waals surface area contributed by atoms with Crippen LogP contribution in [0.15, 0.2) is 48.7 Å². The van der Waals surface area contributed by atoms with Gasteiger partial charge in [-0.25, -0.2) is 23.5 Å². The quantitative estimate of drug-likeness (QED) is 0.822. The molecule has 8 nitrogen and oxygen atoms in total. The topological polar surface area (TPSA) is 131 Å². The largest absolute Gasteiger partial charge is 0.384 e. The highest BCUT2D eigenvalue weighted by molar-refractivity contribution is 7.89. The van der Waals surface area contributed by atoms with Crippen LogP contribution in [0.3, 0.4) is 0 Å². The van der Waals surface area contributed by atoms with Gasteiger partial charge < -0.3 is 4.52 Å². The number of benzene rings is 1. The number of hydrogen-bond acceptors (Lipinski definition) is 6. The maximum Gasteiger partial charge on any atom is 0.384 e. The average molecular weight is 282 g/mol. The summed E-state index contributed by atoms with van der Waals surface area (Å²) in [5.41, 5.74) is 0.278. The molecule has 0 fully saturated rings. The molecule has 0 atom stereocenters. The monoisotopic (exact) mass is 282 g/mol. The first-order valence-electron chi connectivity index (χ1n) is 5.10. The zero-order valence-electron chi connectivity index (χ0n) is 9.82. The lowest BCUT2D eigenvalue weighted by atomic mass is 10.3. The SMILES string of the molecule is Cc1[nH]oc(=O)c1N=Nc1ccc(S(N)(=O)=O)cc1. The minimum absolute atomic E-state index is 0.0243. The van der Waals surface area contributed by atoms with Crippen molar-refractivity contribution in [2.45, 2.75) is 11.8 Å². The molecule has 3 N–H and O–H groups in total. The minimum atomic E-state index is -3.73. The van der Waals surface area contributed by atoms with E-state index in [1.807, 2.05) is 0 Å². The average Bonchev–Trinajstić information content (AvgIpc) is 2.66. The summed E-state index contributed by atoms with van der Waals surface area (Å²) < 4.78 is 26.6. The van der Waals surface area contributed by atoms with E-state index >= 15 is 0 Å². The lowest BCUT2D eigenvalue weighted by molar-refractivity contribution is 0.388. The zero-order valence-corrected chi connectivity index (χ0v) is 10.6. The molecule has 0 aliphatic heterocycles. The highest BCUT2D eigenvalue weighted by Crippen LogP contribution is 2.19. The molecule has 100 valence electrons. The second-order valence-corrected chi connectivity index (χ2v) is 5.27. The Morgan fingerprint density at radius 1 is 1.21 bits per heavy atom. The predicted octanol–water partition coefficient (Wildman–Crippen LogP) is 1.34. The molecule has 0 saturated carbocycles. The summed E-state index contributed by atoms with van der Waals surface area (Å²) in [7, 11) is -3.73. The van der Waals surface area contributed by atoms with Gasteiger partial charge in [0.1, 0.15) is 0 Å². The number of hydrogen-bond donors (Lipinski definition) is 2. The second-order valence-electron chi connectivity index (χ2n) is 3.70. The Balaban J connectivity index is 2.28. The number of aromatic amines is 1. The molecule has 0 aliphatic carbocycles. The van der Waals surface area contributed by atoms with Crippen molar-refractivity contribution in [3.8, 4) is 0 Å². The van der Waals surface area contributed by atoms with Crippen molar-refractivity contribution in [3.05, 3.63) is 40.4 Å². The summed E-state index contributed by atoms with van der Waals surface area (Å²) >= 11 is 0. The maximum atomic E-state index is 11.2. The van der Waals surface area contributed by atoms with E-state index in [2.05, 4.69) is 19.9 Å². The van der Waals surface area contributed by atoms with Crippen molar-refractivity contribution in [2.75, 3.05) is 0 Å². The normalized spacial score (nSPS) is 12.1. The highest BCUT2D eigenvalue weighted by atomic mass is 32.2. The van der Waals surface area contributed by atoms with Crippen LogP contribution in [0.1, 0.15) is 5.69 Å². The van der Waals surface area contributed by atoms with Crippen molar-refractivity contribution in [1.29, 1.82) is 0 Å². The number of aryl methyl sites for hydroxylation is 1. The molecule has 1 aromatic carbocycles. The number of rotatable bonds is 3. The Hall–Kier alpha value is -2.26. The van der Waals surface area contributed by atoms with Gasteiger partial charge in [-0.3, -0.25) is 0 Å². The van der Waals surface area contributed by atoms with E-state index in [4.69, 9.17) is 5.14 Å². The summed E-state index contributed by atoms with van der Waals surface area (Å²) in [6.07, 6.45) is 0. The predicted molar refractivity (Wildman–Crippen MR) is 66.1 cm³/mol. The molecule has 1 heterocycles. The Bertz CT molecular complexity index is 771. The second kappa shape index (κ2) is 4.78. The van der Waals surface area contributed by atoms with E-state index < -0.39 is 15.6 Å². The van der Waals surface area contributed by atoms with Crippen LogP contribution < -0.4 is 10.8 Å². The third kappa shape index (κ3) is 2.95. The molecule has 19 heavy (non-hydrogen) atoms. The Labute approximate surface area is 108 Å². The first-order valence-corrected chi connectivity index (χ1v) is 6.65. The van der Waals surface area contributed by atoms with Crippen LogP contribution in [0, 0.1) is 6.92 Å². The van der Waals surface area contributed by atoms with Gasteiger partial charge in [-0.15, -0.1) is 5.11 Å². The molecule has 0 bridgehead atoms. The molecule has 0 unspecified atom stereocenters. The van der Waals surface area contributed by atoms with Crippen LogP contribution in [0.25, 0.3) is 0 Å². The molecule has 9 heteroatoms. The van der Waals surface area contributed by atoms with Gasteiger partial charge in [0.15, 0.2) is 5.69 Å². The number of nitrogens with one attached hydrogen (secondary N) is 1. The molecule has 1 aromatic heterocycles. The van der Waals surface area contributed by atoms with Gasteiger partial charge in [-0.05, 0) is 31.2 Å². The van der Waals surface area contributed by atoms with E-state index in [1.165, 1.54) is 24.3 Å². The number of nitrogens with zero attached hydrogens (tertiary/aromatic N) is 2. The highest BCUT2D eigenvalue weighted by Gasteiger charge is 2.08. The molecular weight excluding hydrogens is 272 g/mol. The lowest BCUT2D eigenvalue weighted by Crippen LogP contribution is -2.11. The van der Waals surface area contributed by atoms with Crippen LogP contribution >= 0.6 is 0 Å². The molecule has 0 saturated heterocycles. The number of primary sulfonamides is 1. The number of sulfonamides is 1. The smallest absolute Gasteiger partial charge is 0.336 e. The first kappa shape index (κ1) is 13.2. The molecule has 0 radical (unpaired) electrons. The van der Waals surface area contributed by atoms with Crippen LogP contribution in [-0.4, -0.2) is 13.6 Å². The Kier molecular flexibility index (Phi) is 3.32. The van der Waals surface area contributed by atoms with Crippen molar-refractivity contribution >= 4 is 21.4 Å². The van der Waals surface area contributed by atoms with Gasteiger partial charge in [0, 0.05) is 0 Å². The summed E-state index contributed by atoms with van der Waals surface area (Å²) in [5.74, 6) is 0. The van der Waals surface area contributed by atoms with Crippen LogP contribution in [0.2, 0.25) is 0 Å². The van der Waals surface area contributed by atoms with Crippen molar-refractivity contribution in [1.82, 2.24) is 5.16 Å². The molecule has 2 aromatic rings. The van der Waals surface area contributed by atoms with Gasteiger partial charge in [0.25, 0.3) is 0 Å². The lowest BCUT2D eigenvalue weighted by Gasteiger charge is -1.97. The number of azo groups is 1. The summed E-state index contributed by atoms with van der Waals surface area (Å²) in [5, 5.41) is 14.9. The van der Waals surface area contributed by atoms with Crippen molar-refractivity contribution in [3.63, 3.8) is 0 Å². The maximum absolute atomic E-state index is 11.2. The molecule has 0 spiro atoms. The van der Waals surface area contributed by atoms with Gasteiger partial charge in [-0.2, -0.15) is 5.11 Å². The van der Waals surface area contributed by atoms with E-state index in [0.29, 0.717) is 11.4 Å². The van der Waals surface area contributed by atoms with Crippen LogP contribution in [0.5, 0.6) is 0 Å². The van der Waals surface area contributed by atoms with E-state index in [-0.39, 0.29) is 10.6 Å². The first-order chi connectivity index (χ1) is 8.88. The van der Waals surface area contributed by atoms with Crippen LogP contribution in [-0.2, 0) is 10.0 Å². The van der Waals surface area contributed by atoms with Crippen molar-refractivity contribution in [2.24, 2.45) is 15.4 Å². The van der Waals surface area contributed by atoms with Gasteiger partial charge >= 0.3 is 5.63 Å². The number of H-pyrrole nitrogens is 1. The fourth-order valence-corrected chi connectivity index (χ4v) is 1.81. The summed E-state index contributed by atoms with van der Waals surface area (Å²) in [4.78, 5) is 11.2. The van der Waals surface area contributed by atoms with Gasteiger partial charge in [-0.1, -0.05) is 0 Å². The fourth-order valence-electron chi connectivity index (χ4n) is 1.30. The number of nitrogens with two attached hydrogens (primary N) is 1. The molecule has 0 amide bonds. The van der Waals surface area contributed by atoms with E-state index in [1.54, 1.807) is 6.92 Å². The van der Waals surface area contributed by atoms with Crippen molar-refractivity contribution < 1.29 is 12.9 Å². The summed E-state index contributed by atoms with van der Waals surface area (Å²) in [6, 6.07) is 5.45. The zero-order chi connectivity index (χ0) is 14.0. The minimum Gasteiger partial charge on any atom is -0.336 e. The standard InChI is InChI=1S/C10H10N4O4S/c1-6-9(10(15)18-14-6)13-12-7-2-4-8(5-3-7)19(11,16)17/h2-5,14H,1H3,(H2,11,16,17). The Morgan fingerprint density at radius 3 is 2.32 bits per heavy atom. The fraction of sp³-hybridized carbons (Fsp3) is 0.100. The van der Waals surface area contributed by atoms with Gasteiger partial charge in [0.2, 0.25) is 10.0 Å². The molecular formula is C10H10N4O4S. The summed E-state index contributed by atoms with van der Waals surface area (Å²) in [6.45, 7) is 1.61. The number of aromatic nitrogens is 1.